The van der Waals surface area contributed by atoms with Crippen LogP contribution in [0.15, 0.2) is 0 Å². The molecule has 6 amide bonds. The Hall–Kier alpha value is -2.65. The van der Waals surface area contributed by atoms with Crippen molar-refractivity contribution in [2.24, 2.45) is 5.92 Å². The Bertz CT molecular complexity index is 735. The van der Waals surface area contributed by atoms with Gasteiger partial charge in [-0.05, 0) is 38.5 Å². The summed E-state index contributed by atoms with van der Waals surface area (Å²) in [6.45, 7) is 2.67. The average molecular weight is 422 g/mol. The zero-order chi connectivity index (χ0) is 21.9. The van der Waals surface area contributed by atoms with Crippen LogP contribution >= 0.6 is 0 Å². The fourth-order valence-electron chi connectivity index (χ4n) is 4.56. The highest BCUT2D eigenvalue weighted by atomic mass is 16.5. The van der Waals surface area contributed by atoms with Crippen molar-refractivity contribution in [3.8, 4) is 0 Å². The molecule has 0 bridgehead atoms. The lowest BCUT2D eigenvalue weighted by Crippen LogP contribution is -2.54. The highest BCUT2D eigenvalue weighted by Crippen LogP contribution is 2.38. The quantitative estimate of drug-likeness (QED) is 0.450. The predicted octanol–water partition coefficient (Wildman–Crippen LogP) is 1.19. The molecule has 1 spiro atoms. The zero-order valence-corrected chi connectivity index (χ0v) is 17.5. The number of hydrogen-bond donors (Lipinski definition) is 3. The van der Waals surface area contributed by atoms with Crippen molar-refractivity contribution in [2.75, 3.05) is 6.54 Å². The Kier molecular flexibility index (Phi) is 6.62. The third-order valence-electron chi connectivity index (χ3n) is 6.39. The van der Waals surface area contributed by atoms with Crippen LogP contribution in [-0.4, -0.2) is 59.0 Å². The lowest BCUT2D eigenvalue weighted by atomic mass is 9.73. The first-order valence-electron chi connectivity index (χ1n) is 10.7. The second-order valence-electron chi connectivity index (χ2n) is 8.52. The molecule has 2 saturated carbocycles. The van der Waals surface area contributed by atoms with E-state index >= 15 is 0 Å². The lowest BCUT2D eigenvalue weighted by molar-refractivity contribution is -0.156. The third-order valence-corrected chi connectivity index (χ3v) is 6.39. The van der Waals surface area contributed by atoms with Gasteiger partial charge in [-0.25, -0.2) is 9.59 Å². The molecule has 3 fully saturated rings. The number of amides is 6. The number of carbonyl (C=O) groups is 5. The summed E-state index contributed by atoms with van der Waals surface area (Å²) in [6.07, 6.45) is 5.77. The number of esters is 1. The first-order valence-corrected chi connectivity index (χ1v) is 10.7. The number of nitrogens with one attached hydrogen (secondary N) is 3. The molecule has 0 aromatic heterocycles. The van der Waals surface area contributed by atoms with E-state index < -0.39 is 48.0 Å². The number of rotatable bonds is 5. The Morgan fingerprint density at radius 2 is 1.83 bits per heavy atom. The smallest absolute Gasteiger partial charge is 0.327 e. The van der Waals surface area contributed by atoms with Gasteiger partial charge in [-0.1, -0.05) is 32.6 Å². The second kappa shape index (κ2) is 9.01. The number of hydrogen-bond acceptors (Lipinski definition) is 6. The van der Waals surface area contributed by atoms with Crippen LogP contribution in [0.4, 0.5) is 9.59 Å². The summed E-state index contributed by atoms with van der Waals surface area (Å²) in [5.74, 6) is -2.11. The summed E-state index contributed by atoms with van der Waals surface area (Å²) >= 11 is 0. The molecule has 0 aromatic rings. The molecular formula is C20H30N4O6. The molecule has 10 nitrogen and oxygen atoms in total. The van der Waals surface area contributed by atoms with E-state index in [1.807, 2.05) is 6.92 Å². The normalized spacial score (nSPS) is 27.7. The van der Waals surface area contributed by atoms with E-state index in [0.29, 0.717) is 6.42 Å². The minimum Gasteiger partial charge on any atom is -0.451 e. The molecule has 1 saturated heterocycles. The Labute approximate surface area is 175 Å². The average Bonchev–Trinajstić information content (AvgIpc) is 3.27. The van der Waals surface area contributed by atoms with Crippen molar-refractivity contribution in [1.82, 2.24) is 20.9 Å². The molecule has 1 heterocycles. The molecule has 3 rings (SSSR count). The van der Waals surface area contributed by atoms with Gasteiger partial charge in [-0.3, -0.25) is 24.6 Å². The highest BCUT2D eigenvalue weighted by molar-refractivity contribution is 6.09. The molecule has 0 unspecified atom stereocenters. The van der Waals surface area contributed by atoms with Crippen molar-refractivity contribution < 1.29 is 28.7 Å². The summed E-state index contributed by atoms with van der Waals surface area (Å²) in [7, 11) is 0. The maximum Gasteiger partial charge on any atom is 0.327 e. The number of urea groups is 2. The van der Waals surface area contributed by atoms with Crippen molar-refractivity contribution in [1.29, 1.82) is 0 Å². The largest absolute Gasteiger partial charge is 0.451 e. The van der Waals surface area contributed by atoms with E-state index in [4.69, 9.17) is 4.74 Å². The summed E-state index contributed by atoms with van der Waals surface area (Å²) in [4.78, 5) is 62.3. The Morgan fingerprint density at radius 1 is 1.17 bits per heavy atom. The predicted molar refractivity (Wildman–Crippen MR) is 105 cm³/mol. The molecule has 10 heteroatoms. The minimum atomic E-state index is -1.24. The summed E-state index contributed by atoms with van der Waals surface area (Å²) in [6, 6.07) is -1.21. The van der Waals surface area contributed by atoms with Gasteiger partial charge in [0.2, 0.25) is 0 Å². The molecule has 2 aliphatic carbocycles. The molecule has 1 aliphatic heterocycles. The summed E-state index contributed by atoms with van der Waals surface area (Å²) in [5, 5.41) is 7.62. The Balaban J connectivity index is 1.49. The maximum absolute atomic E-state index is 12.9. The van der Waals surface area contributed by atoms with Crippen LogP contribution < -0.4 is 16.0 Å². The van der Waals surface area contributed by atoms with Gasteiger partial charge < -0.3 is 15.4 Å². The van der Waals surface area contributed by atoms with E-state index in [-0.39, 0.29) is 12.0 Å². The van der Waals surface area contributed by atoms with E-state index in [0.717, 1.165) is 49.8 Å². The number of carbonyl (C=O) groups excluding carboxylic acids is 5. The lowest BCUT2D eigenvalue weighted by Gasteiger charge is -2.36. The molecule has 3 atom stereocenters. The molecule has 0 aromatic carbocycles. The Morgan fingerprint density at radius 3 is 2.50 bits per heavy atom. The molecule has 0 radical (unpaired) electrons. The van der Waals surface area contributed by atoms with Crippen LogP contribution in [0.3, 0.4) is 0 Å². The first-order chi connectivity index (χ1) is 14.2. The molecule has 3 aliphatic rings. The van der Waals surface area contributed by atoms with Crippen molar-refractivity contribution >= 4 is 29.8 Å². The summed E-state index contributed by atoms with van der Waals surface area (Å²) in [5.41, 5.74) is -0.961. The molecule has 3 N–H and O–H groups in total. The highest BCUT2D eigenvalue weighted by Gasteiger charge is 2.55. The van der Waals surface area contributed by atoms with E-state index in [1.54, 1.807) is 0 Å². The standard InChI is InChI=1S/C20H30N4O6/c1-12-7-5-6-10-20(12)17(27)24(19(29)23-20)11-15(25)30-13(2)16(26)22-18(28)21-14-8-3-4-9-14/h12-14H,3-11H2,1-2H3,(H,23,29)(H2,21,22,26,28)/t12-,13-,20+/m0/s1. The van der Waals surface area contributed by atoms with Crippen molar-refractivity contribution in [3.05, 3.63) is 0 Å². The van der Waals surface area contributed by atoms with Crippen LogP contribution in [0.2, 0.25) is 0 Å². The fraction of sp³-hybridized carbons (Fsp3) is 0.750. The van der Waals surface area contributed by atoms with Gasteiger partial charge in [-0.15, -0.1) is 0 Å². The zero-order valence-electron chi connectivity index (χ0n) is 17.5. The number of ether oxygens (including phenoxy) is 1. The van der Waals surface area contributed by atoms with Crippen LogP contribution in [0, 0.1) is 5.92 Å². The number of imide groups is 2. The van der Waals surface area contributed by atoms with Gasteiger partial charge in [0.1, 0.15) is 12.1 Å². The van der Waals surface area contributed by atoms with Crippen LogP contribution in [0.1, 0.15) is 65.2 Å². The van der Waals surface area contributed by atoms with E-state index in [9.17, 15) is 24.0 Å². The molecular weight excluding hydrogens is 392 g/mol. The van der Waals surface area contributed by atoms with Gasteiger partial charge >= 0.3 is 18.0 Å². The van der Waals surface area contributed by atoms with Gasteiger partial charge in [0, 0.05) is 6.04 Å². The van der Waals surface area contributed by atoms with Gasteiger partial charge in [-0.2, -0.15) is 0 Å². The molecule has 166 valence electrons. The van der Waals surface area contributed by atoms with E-state index in [1.165, 1.54) is 6.92 Å². The number of nitrogens with zero attached hydrogens (tertiary/aromatic N) is 1. The van der Waals surface area contributed by atoms with Gasteiger partial charge in [0.15, 0.2) is 6.10 Å². The topological polar surface area (TPSA) is 134 Å². The second-order valence-corrected chi connectivity index (χ2v) is 8.52. The monoisotopic (exact) mass is 422 g/mol. The molecule has 30 heavy (non-hydrogen) atoms. The maximum atomic E-state index is 12.9. The van der Waals surface area contributed by atoms with Gasteiger partial charge in [0.25, 0.3) is 11.8 Å². The fourth-order valence-corrected chi connectivity index (χ4v) is 4.56. The summed E-state index contributed by atoms with van der Waals surface area (Å²) < 4.78 is 5.04. The first kappa shape index (κ1) is 22.0. The van der Waals surface area contributed by atoms with Crippen molar-refractivity contribution in [2.45, 2.75) is 82.9 Å². The third kappa shape index (κ3) is 4.57. The van der Waals surface area contributed by atoms with Crippen molar-refractivity contribution in [3.63, 3.8) is 0 Å². The van der Waals surface area contributed by atoms with Gasteiger partial charge in [0.05, 0.1) is 0 Å². The SMILES string of the molecule is C[C@H](OC(=O)CN1C(=O)N[C@@]2(CCCC[C@@H]2C)C1=O)C(=O)NC(=O)NC1CCCC1. The van der Waals surface area contributed by atoms with Crippen LogP contribution in [0.25, 0.3) is 0 Å². The minimum absolute atomic E-state index is 0.0215. The van der Waals surface area contributed by atoms with E-state index in [2.05, 4.69) is 16.0 Å². The van der Waals surface area contributed by atoms with Crippen LogP contribution in [0.5, 0.6) is 0 Å². The van der Waals surface area contributed by atoms with Crippen LogP contribution in [-0.2, 0) is 19.1 Å².